The Bertz CT molecular complexity index is 1840. The number of hydrogen-bond acceptors (Lipinski definition) is 9. The molecule has 0 radical (unpaired) electrons. The Morgan fingerprint density at radius 2 is 1.70 bits per heavy atom. The number of carbonyl (C=O) groups excluding carboxylic acids is 1. The summed E-state index contributed by atoms with van der Waals surface area (Å²) < 4.78 is 90.0. The summed E-state index contributed by atoms with van der Waals surface area (Å²) in [5, 5.41) is 4.39. The van der Waals surface area contributed by atoms with Crippen LogP contribution in [0.3, 0.4) is 0 Å². The van der Waals surface area contributed by atoms with Crippen molar-refractivity contribution < 1.29 is 40.6 Å². The number of fused-ring (bicyclic) bond motifs is 2. The molecule has 2 aromatic carbocycles. The van der Waals surface area contributed by atoms with Crippen LogP contribution in [0.4, 0.5) is 23.8 Å². The zero-order valence-corrected chi connectivity index (χ0v) is 29.3. The van der Waals surface area contributed by atoms with E-state index in [1.165, 1.54) is 24.4 Å². The molecular formula is C31H40F3N5O6SSi. The van der Waals surface area contributed by atoms with Crippen molar-refractivity contribution >= 4 is 51.9 Å². The van der Waals surface area contributed by atoms with Crippen LogP contribution < -0.4 is 9.04 Å². The first kappa shape index (κ1) is 36.1. The highest BCUT2D eigenvalue weighted by molar-refractivity contribution is 7.92. The minimum atomic E-state index is -5.00. The van der Waals surface area contributed by atoms with Gasteiger partial charge < -0.3 is 14.2 Å². The zero-order chi connectivity index (χ0) is 34.8. The Hall–Kier alpha value is -3.76. The lowest BCUT2D eigenvalue weighted by Crippen LogP contribution is -2.37. The van der Waals surface area contributed by atoms with Gasteiger partial charge >= 0.3 is 12.3 Å². The molecule has 4 aromatic rings. The second kappa shape index (κ2) is 13.8. The molecule has 47 heavy (non-hydrogen) atoms. The standard InChI is InChI=1S/C31H40F3N5O6SSi/c1-8-16-46(41,42)38(20-43-15-17-47(5,6)7)27-28(37-24-12-10-9-11-23(24)36-27)44-26(31(32,33)34)21-13-14-22-19-35-39(25(22)18-21)29(40)45-30(2,3)4/h9-14,18-19,26H,8,15-17,20H2,1-7H3. The third-order valence-electron chi connectivity index (χ3n) is 6.75. The fraction of sp³-hybridized carbons (Fsp3) is 0.484. The lowest BCUT2D eigenvalue weighted by Gasteiger charge is -2.27. The number of hydrogen-bond donors (Lipinski definition) is 0. The van der Waals surface area contributed by atoms with Crippen LogP contribution in [0, 0.1) is 0 Å². The molecule has 0 spiro atoms. The molecule has 0 saturated heterocycles. The molecular weight excluding hydrogens is 656 g/mol. The Kier molecular flexibility index (Phi) is 10.6. The fourth-order valence-electron chi connectivity index (χ4n) is 4.47. The highest BCUT2D eigenvalue weighted by atomic mass is 32.2. The summed E-state index contributed by atoms with van der Waals surface area (Å²) in [6, 6.07) is 10.8. The van der Waals surface area contributed by atoms with Crippen molar-refractivity contribution in [2.45, 2.75) is 77.7 Å². The topological polar surface area (TPSA) is 126 Å². The van der Waals surface area contributed by atoms with Crippen LogP contribution in [0.5, 0.6) is 5.88 Å². The average Bonchev–Trinajstić information content (AvgIpc) is 3.37. The monoisotopic (exact) mass is 695 g/mol. The van der Waals surface area contributed by atoms with Crippen molar-refractivity contribution in [2.24, 2.45) is 0 Å². The van der Waals surface area contributed by atoms with Gasteiger partial charge in [-0.25, -0.2) is 27.5 Å². The van der Waals surface area contributed by atoms with E-state index in [9.17, 15) is 26.4 Å². The van der Waals surface area contributed by atoms with Gasteiger partial charge in [0.05, 0.1) is 28.5 Å². The molecule has 1 atom stereocenters. The summed E-state index contributed by atoms with van der Waals surface area (Å²) in [5.41, 5.74) is -0.760. The fourth-order valence-corrected chi connectivity index (χ4v) is 6.58. The molecule has 0 fully saturated rings. The number of benzene rings is 2. The average molecular weight is 696 g/mol. The molecule has 0 amide bonds. The molecule has 0 N–H and O–H groups in total. The minimum absolute atomic E-state index is 0.0577. The van der Waals surface area contributed by atoms with Crippen LogP contribution in [0.25, 0.3) is 21.9 Å². The van der Waals surface area contributed by atoms with Gasteiger partial charge in [-0.1, -0.05) is 50.8 Å². The Labute approximate surface area is 273 Å². The molecule has 0 aliphatic carbocycles. The first-order valence-electron chi connectivity index (χ1n) is 15.1. The first-order chi connectivity index (χ1) is 21.8. The summed E-state index contributed by atoms with van der Waals surface area (Å²) in [6.45, 7) is 12.8. The van der Waals surface area contributed by atoms with Crippen molar-refractivity contribution in [2.75, 3.05) is 23.4 Å². The summed E-state index contributed by atoms with van der Waals surface area (Å²) in [6.07, 6.45) is -6.94. The molecule has 0 saturated carbocycles. The third-order valence-corrected chi connectivity index (χ3v) is 10.3. The molecule has 256 valence electrons. The molecule has 11 nitrogen and oxygen atoms in total. The maximum absolute atomic E-state index is 14.8. The summed E-state index contributed by atoms with van der Waals surface area (Å²) in [5.74, 6) is -1.40. The molecule has 16 heteroatoms. The summed E-state index contributed by atoms with van der Waals surface area (Å²) in [4.78, 5) is 21.6. The Morgan fingerprint density at radius 1 is 1.04 bits per heavy atom. The van der Waals surface area contributed by atoms with Gasteiger partial charge in [0.15, 0.2) is 0 Å². The highest BCUT2D eigenvalue weighted by Gasteiger charge is 2.45. The highest BCUT2D eigenvalue weighted by Crippen LogP contribution is 2.40. The van der Waals surface area contributed by atoms with E-state index in [-0.39, 0.29) is 40.9 Å². The van der Waals surface area contributed by atoms with Crippen LogP contribution in [0.15, 0.2) is 48.7 Å². The number of ether oxygens (including phenoxy) is 3. The first-order valence-corrected chi connectivity index (χ1v) is 20.4. The van der Waals surface area contributed by atoms with Crippen molar-refractivity contribution in [3.63, 3.8) is 0 Å². The lowest BCUT2D eigenvalue weighted by molar-refractivity contribution is -0.198. The summed E-state index contributed by atoms with van der Waals surface area (Å²) in [7, 11) is -5.67. The number of halogens is 3. The predicted octanol–water partition coefficient (Wildman–Crippen LogP) is 7.30. The predicted molar refractivity (Wildman–Crippen MR) is 176 cm³/mol. The normalized spacial score (nSPS) is 13.6. The number of carbonyl (C=O) groups is 1. The summed E-state index contributed by atoms with van der Waals surface area (Å²) >= 11 is 0. The third kappa shape index (κ3) is 9.20. The number of nitrogens with zero attached hydrogens (tertiary/aromatic N) is 5. The van der Waals surface area contributed by atoms with E-state index >= 15 is 0 Å². The number of para-hydroxylation sites is 2. The number of alkyl halides is 3. The van der Waals surface area contributed by atoms with Crippen molar-refractivity contribution in [1.29, 1.82) is 0 Å². The Balaban J connectivity index is 1.83. The number of sulfonamides is 1. The van der Waals surface area contributed by atoms with Gasteiger partial charge in [-0.15, -0.1) is 0 Å². The molecule has 2 heterocycles. The second-order valence-corrected chi connectivity index (χ2v) is 20.9. The van der Waals surface area contributed by atoms with E-state index in [0.717, 1.165) is 21.1 Å². The smallest absolute Gasteiger partial charge is 0.435 e. The van der Waals surface area contributed by atoms with E-state index in [1.54, 1.807) is 45.9 Å². The molecule has 1 unspecified atom stereocenters. The van der Waals surface area contributed by atoms with Gasteiger partial charge in [0, 0.05) is 25.6 Å². The van der Waals surface area contributed by atoms with Gasteiger partial charge in [0.25, 0.3) is 5.88 Å². The van der Waals surface area contributed by atoms with Gasteiger partial charge in [0.2, 0.25) is 21.9 Å². The van der Waals surface area contributed by atoms with Crippen LogP contribution in [0.1, 0.15) is 45.8 Å². The van der Waals surface area contributed by atoms with Gasteiger partial charge in [-0.05, 0) is 51.4 Å². The van der Waals surface area contributed by atoms with Crippen molar-refractivity contribution in [1.82, 2.24) is 19.7 Å². The quantitative estimate of drug-likeness (QED) is 0.0853. The van der Waals surface area contributed by atoms with Crippen LogP contribution in [-0.4, -0.2) is 73.2 Å². The van der Waals surface area contributed by atoms with E-state index in [1.807, 2.05) is 0 Å². The lowest BCUT2D eigenvalue weighted by atomic mass is 10.1. The largest absolute Gasteiger partial charge is 0.457 e. The minimum Gasteiger partial charge on any atom is -0.457 e. The number of rotatable bonds is 12. The molecule has 4 rings (SSSR count). The molecule has 0 bridgehead atoms. The maximum Gasteiger partial charge on any atom is 0.435 e. The van der Waals surface area contributed by atoms with Crippen LogP contribution >= 0.6 is 0 Å². The van der Waals surface area contributed by atoms with Gasteiger partial charge in [-0.3, -0.25) is 0 Å². The second-order valence-electron chi connectivity index (χ2n) is 13.2. The maximum atomic E-state index is 14.8. The number of aromatic nitrogens is 4. The van der Waals surface area contributed by atoms with E-state index in [0.29, 0.717) is 5.39 Å². The van der Waals surface area contributed by atoms with E-state index in [4.69, 9.17) is 14.2 Å². The van der Waals surface area contributed by atoms with Gasteiger partial charge in [0.1, 0.15) is 12.3 Å². The van der Waals surface area contributed by atoms with Crippen LogP contribution in [0.2, 0.25) is 25.7 Å². The molecule has 2 aromatic heterocycles. The van der Waals surface area contributed by atoms with Crippen molar-refractivity contribution in [3.8, 4) is 5.88 Å². The van der Waals surface area contributed by atoms with E-state index < -0.39 is 60.5 Å². The van der Waals surface area contributed by atoms with Crippen molar-refractivity contribution in [3.05, 3.63) is 54.2 Å². The molecule has 0 aliphatic heterocycles. The van der Waals surface area contributed by atoms with E-state index in [2.05, 4.69) is 34.7 Å². The Morgan fingerprint density at radius 3 is 2.30 bits per heavy atom. The van der Waals surface area contributed by atoms with Gasteiger partial charge in [-0.2, -0.15) is 23.0 Å². The van der Waals surface area contributed by atoms with Crippen LogP contribution in [-0.2, 0) is 19.5 Å². The molecule has 0 aliphatic rings. The SMILES string of the molecule is CCCS(=O)(=O)N(COCC[Si](C)(C)C)c1nc2ccccc2nc1OC(c1ccc2cnn(C(=O)OC(C)(C)C)c2c1)C(F)(F)F. The number of anilines is 1. The zero-order valence-electron chi connectivity index (χ0n) is 27.5.